The second-order valence-corrected chi connectivity index (χ2v) is 3.02. The van der Waals surface area contributed by atoms with Crippen molar-refractivity contribution >= 4 is 11.8 Å². The van der Waals surface area contributed by atoms with Gasteiger partial charge in [-0.15, -0.1) is 0 Å². The lowest BCUT2D eigenvalue weighted by molar-refractivity contribution is 0.138. The molecule has 0 saturated heterocycles. The maximum absolute atomic E-state index is 5.03. The molecule has 0 amide bonds. The molecule has 0 aromatic rings. The van der Waals surface area contributed by atoms with Crippen LogP contribution in [0.2, 0.25) is 0 Å². The fourth-order valence-electron chi connectivity index (χ4n) is 0.352. The Hall–Kier alpha value is 0.310. The number of methoxy groups -OCH3 is 1. The molecule has 0 saturated carbocycles. The van der Waals surface area contributed by atoms with Crippen molar-refractivity contribution in [2.75, 3.05) is 18.6 Å². The van der Waals surface area contributed by atoms with Gasteiger partial charge in [-0.05, 0) is 12.7 Å². The maximum atomic E-state index is 5.03. The third-order valence-corrected chi connectivity index (χ3v) is 2.07. The topological polar surface area (TPSA) is 9.23 Å². The number of rotatable bonds is 4. The highest BCUT2D eigenvalue weighted by Crippen LogP contribution is 2.02. The van der Waals surface area contributed by atoms with Crippen molar-refractivity contribution in [3.05, 3.63) is 0 Å². The van der Waals surface area contributed by atoms with Gasteiger partial charge in [0.05, 0.1) is 6.10 Å². The van der Waals surface area contributed by atoms with E-state index in [1.807, 2.05) is 11.8 Å². The zero-order valence-corrected chi connectivity index (χ0v) is 6.62. The Morgan fingerprint density at radius 1 is 1.62 bits per heavy atom. The second-order valence-electron chi connectivity index (χ2n) is 1.71. The average molecular weight is 134 g/mol. The summed E-state index contributed by atoms with van der Waals surface area (Å²) in [7, 11) is 1.75. The van der Waals surface area contributed by atoms with Crippen molar-refractivity contribution in [2.45, 2.75) is 20.0 Å². The van der Waals surface area contributed by atoms with Crippen LogP contribution in [-0.2, 0) is 4.74 Å². The number of thioether (sulfide) groups is 1. The largest absolute Gasteiger partial charge is 0.381 e. The highest BCUT2D eigenvalue weighted by molar-refractivity contribution is 7.99. The van der Waals surface area contributed by atoms with E-state index in [4.69, 9.17) is 4.74 Å². The van der Waals surface area contributed by atoms with Crippen molar-refractivity contribution in [1.29, 1.82) is 0 Å². The van der Waals surface area contributed by atoms with Crippen LogP contribution in [0.15, 0.2) is 0 Å². The summed E-state index contributed by atoms with van der Waals surface area (Å²) in [6.45, 7) is 4.25. The van der Waals surface area contributed by atoms with Gasteiger partial charge in [0.25, 0.3) is 0 Å². The zero-order chi connectivity index (χ0) is 6.41. The first-order chi connectivity index (χ1) is 3.81. The van der Waals surface area contributed by atoms with Crippen molar-refractivity contribution < 1.29 is 4.74 Å². The fourth-order valence-corrected chi connectivity index (χ4v) is 1.06. The van der Waals surface area contributed by atoms with Crippen LogP contribution in [0.3, 0.4) is 0 Å². The smallest absolute Gasteiger partial charge is 0.0633 e. The Kier molecular flexibility index (Phi) is 5.66. The van der Waals surface area contributed by atoms with E-state index < -0.39 is 0 Å². The summed E-state index contributed by atoms with van der Waals surface area (Å²) in [5.74, 6) is 2.31. The van der Waals surface area contributed by atoms with Gasteiger partial charge in [-0.1, -0.05) is 6.92 Å². The molecular weight excluding hydrogens is 120 g/mol. The molecule has 0 rings (SSSR count). The number of hydrogen-bond donors (Lipinski definition) is 0. The highest BCUT2D eigenvalue weighted by Gasteiger charge is 1.95. The molecule has 0 bridgehead atoms. The van der Waals surface area contributed by atoms with Crippen LogP contribution < -0.4 is 0 Å². The molecule has 50 valence electrons. The fraction of sp³-hybridized carbons (Fsp3) is 1.00. The van der Waals surface area contributed by atoms with Crippen LogP contribution in [0.25, 0.3) is 0 Å². The minimum absolute atomic E-state index is 0.417. The summed E-state index contributed by atoms with van der Waals surface area (Å²) in [6, 6.07) is 0. The van der Waals surface area contributed by atoms with E-state index in [9.17, 15) is 0 Å². The van der Waals surface area contributed by atoms with Crippen LogP contribution in [-0.4, -0.2) is 24.7 Å². The van der Waals surface area contributed by atoms with E-state index in [-0.39, 0.29) is 0 Å². The molecule has 0 aliphatic heterocycles. The average Bonchev–Trinajstić information content (AvgIpc) is 1.83. The normalized spacial score (nSPS) is 13.9. The zero-order valence-electron chi connectivity index (χ0n) is 5.81. The van der Waals surface area contributed by atoms with Crippen molar-refractivity contribution in [2.24, 2.45) is 0 Å². The lowest BCUT2D eigenvalue weighted by atomic mass is 10.5. The third-order valence-electron chi connectivity index (χ3n) is 0.959. The van der Waals surface area contributed by atoms with Crippen LogP contribution in [0, 0.1) is 0 Å². The first kappa shape index (κ1) is 8.31. The molecular formula is C6H14OS. The highest BCUT2D eigenvalue weighted by atomic mass is 32.2. The molecule has 0 aromatic carbocycles. The van der Waals surface area contributed by atoms with Crippen molar-refractivity contribution in [3.8, 4) is 0 Å². The van der Waals surface area contributed by atoms with Gasteiger partial charge in [0.15, 0.2) is 0 Å². The van der Waals surface area contributed by atoms with Gasteiger partial charge in [-0.2, -0.15) is 11.8 Å². The van der Waals surface area contributed by atoms with Gasteiger partial charge >= 0.3 is 0 Å². The molecule has 0 heterocycles. The number of hydrogen-bond acceptors (Lipinski definition) is 2. The third kappa shape index (κ3) is 4.47. The Bertz CT molecular complexity index is 47.8. The van der Waals surface area contributed by atoms with E-state index >= 15 is 0 Å². The van der Waals surface area contributed by atoms with Gasteiger partial charge in [-0.25, -0.2) is 0 Å². The van der Waals surface area contributed by atoms with Gasteiger partial charge in [-0.3, -0.25) is 0 Å². The summed E-state index contributed by atoms with van der Waals surface area (Å²) in [6.07, 6.45) is 0.417. The summed E-state index contributed by atoms with van der Waals surface area (Å²) in [4.78, 5) is 0. The van der Waals surface area contributed by atoms with Gasteiger partial charge in [0, 0.05) is 12.9 Å². The number of ether oxygens (including phenoxy) is 1. The summed E-state index contributed by atoms with van der Waals surface area (Å²) >= 11 is 1.92. The minimum Gasteiger partial charge on any atom is -0.381 e. The maximum Gasteiger partial charge on any atom is 0.0633 e. The van der Waals surface area contributed by atoms with Crippen molar-refractivity contribution in [1.82, 2.24) is 0 Å². The molecule has 0 aliphatic rings. The molecule has 0 N–H and O–H groups in total. The first-order valence-electron chi connectivity index (χ1n) is 2.91. The van der Waals surface area contributed by atoms with E-state index in [0.717, 1.165) is 5.75 Å². The predicted octanol–water partition coefficient (Wildman–Crippen LogP) is 1.77. The van der Waals surface area contributed by atoms with Crippen LogP contribution in [0.5, 0.6) is 0 Å². The quantitative estimate of drug-likeness (QED) is 0.579. The van der Waals surface area contributed by atoms with Crippen LogP contribution >= 0.6 is 11.8 Å². The Morgan fingerprint density at radius 3 is 2.62 bits per heavy atom. The van der Waals surface area contributed by atoms with Gasteiger partial charge in [0.1, 0.15) is 0 Å². The molecule has 1 atom stereocenters. The lowest BCUT2D eigenvalue weighted by Gasteiger charge is -2.05. The molecule has 0 spiro atoms. The Morgan fingerprint density at radius 2 is 2.25 bits per heavy atom. The molecule has 8 heavy (non-hydrogen) atoms. The van der Waals surface area contributed by atoms with E-state index in [1.165, 1.54) is 5.75 Å². The Labute approximate surface area is 55.8 Å². The van der Waals surface area contributed by atoms with Gasteiger partial charge < -0.3 is 4.74 Å². The summed E-state index contributed by atoms with van der Waals surface area (Å²) in [5, 5.41) is 0. The lowest BCUT2D eigenvalue weighted by Crippen LogP contribution is -2.07. The monoisotopic (exact) mass is 134 g/mol. The van der Waals surface area contributed by atoms with Crippen LogP contribution in [0.1, 0.15) is 13.8 Å². The van der Waals surface area contributed by atoms with E-state index in [2.05, 4.69) is 13.8 Å². The molecule has 0 aliphatic carbocycles. The molecule has 2 heteroatoms. The molecule has 0 radical (unpaired) electrons. The summed E-state index contributed by atoms with van der Waals surface area (Å²) in [5.41, 5.74) is 0. The van der Waals surface area contributed by atoms with Crippen LogP contribution in [0.4, 0.5) is 0 Å². The SMILES string of the molecule is CCSC[C@@H](C)OC. The first-order valence-corrected chi connectivity index (χ1v) is 4.07. The van der Waals surface area contributed by atoms with Crippen molar-refractivity contribution in [3.63, 3.8) is 0 Å². The van der Waals surface area contributed by atoms with Gasteiger partial charge in [0.2, 0.25) is 0 Å². The second kappa shape index (κ2) is 5.45. The molecule has 1 nitrogen and oxygen atoms in total. The summed E-state index contributed by atoms with van der Waals surface area (Å²) < 4.78 is 5.03. The minimum atomic E-state index is 0.417. The van der Waals surface area contributed by atoms with E-state index in [0.29, 0.717) is 6.10 Å². The molecule has 0 unspecified atom stereocenters. The Balaban J connectivity index is 2.86. The standard InChI is InChI=1S/C6H14OS/c1-4-8-5-6(2)7-3/h6H,4-5H2,1-3H3/t6-/m1/s1. The predicted molar refractivity (Wildman–Crippen MR) is 39.5 cm³/mol. The van der Waals surface area contributed by atoms with E-state index in [1.54, 1.807) is 7.11 Å². The molecule has 0 fully saturated rings. The molecule has 0 aromatic heterocycles.